The van der Waals surface area contributed by atoms with Crippen LogP contribution in [0, 0.1) is 0 Å². The van der Waals surface area contributed by atoms with E-state index in [1.165, 1.54) is 31.2 Å². The first kappa shape index (κ1) is 17.3. The smallest absolute Gasteiger partial charge is 0.406 e. The van der Waals surface area contributed by atoms with Gasteiger partial charge in [-0.3, -0.25) is 9.59 Å². The molecule has 2 amide bonds. The molecule has 2 aromatic carbocycles. The molecular formula is C16H13F3N2O3. The Morgan fingerprint density at radius 3 is 2.21 bits per heavy atom. The fourth-order valence-electron chi connectivity index (χ4n) is 1.92. The Bertz CT molecular complexity index is 760. The van der Waals surface area contributed by atoms with E-state index in [4.69, 9.17) is 0 Å². The highest BCUT2D eigenvalue weighted by molar-refractivity contribution is 6.05. The lowest BCUT2D eigenvalue weighted by atomic mass is 10.2. The lowest BCUT2D eigenvalue weighted by molar-refractivity contribution is -0.274. The number of hydrogen-bond donors (Lipinski definition) is 2. The van der Waals surface area contributed by atoms with Crippen molar-refractivity contribution in [2.24, 2.45) is 0 Å². The maximum Gasteiger partial charge on any atom is 0.573 e. The predicted molar refractivity (Wildman–Crippen MR) is 81.8 cm³/mol. The highest BCUT2D eigenvalue weighted by atomic mass is 19.4. The summed E-state index contributed by atoms with van der Waals surface area (Å²) < 4.78 is 40.4. The zero-order valence-electron chi connectivity index (χ0n) is 12.5. The van der Waals surface area contributed by atoms with Gasteiger partial charge in [0.2, 0.25) is 5.91 Å². The lowest BCUT2D eigenvalue weighted by Gasteiger charge is -2.11. The summed E-state index contributed by atoms with van der Waals surface area (Å²) in [7, 11) is 0. The van der Waals surface area contributed by atoms with Crippen molar-refractivity contribution in [1.29, 1.82) is 0 Å². The molecule has 0 heterocycles. The molecule has 0 aliphatic heterocycles. The van der Waals surface area contributed by atoms with E-state index in [0.717, 1.165) is 12.1 Å². The van der Waals surface area contributed by atoms with Crippen LogP contribution < -0.4 is 15.4 Å². The minimum absolute atomic E-state index is 0.145. The molecule has 0 aliphatic rings. The van der Waals surface area contributed by atoms with Crippen LogP contribution in [0.3, 0.4) is 0 Å². The highest BCUT2D eigenvalue weighted by Crippen LogP contribution is 2.25. The largest absolute Gasteiger partial charge is 0.573 e. The van der Waals surface area contributed by atoms with E-state index < -0.39 is 18.0 Å². The Morgan fingerprint density at radius 1 is 0.958 bits per heavy atom. The standard InChI is InChI=1S/C16H13F3N2O3/c1-10(22)20-12-5-2-4-11(8-12)15(23)21-13-6-3-7-14(9-13)24-16(17,18)19/h2-9H,1H3,(H,20,22)(H,21,23). The van der Waals surface area contributed by atoms with Crippen molar-refractivity contribution in [1.82, 2.24) is 0 Å². The molecule has 0 unspecified atom stereocenters. The summed E-state index contributed by atoms with van der Waals surface area (Å²) >= 11 is 0. The van der Waals surface area contributed by atoms with Gasteiger partial charge < -0.3 is 15.4 Å². The third-order valence-electron chi connectivity index (χ3n) is 2.77. The molecule has 0 radical (unpaired) electrons. The van der Waals surface area contributed by atoms with Crippen molar-refractivity contribution < 1.29 is 27.5 Å². The van der Waals surface area contributed by atoms with E-state index in [-0.39, 0.29) is 17.2 Å². The molecule has 2 N–H and O–H groups in total. The molecule has 0 saturated heterocycles. The van der Waals surface area contributed by atoms with E-state index in [9.17, 15) is 22.8 Å². The first-order valence-electron chi connectivity index (χ1n) is 6.78. The summed E-state index contributed by atoms with van der Waals surface area (Å²) in [6.45, 7) is 1.33. The van der Waals surface area contributed by atoms with Gasteiger partial charge in [-0.25, -0.2) is 0 Å². The van der Waals surface area contributed by atoms with Crippen LogP contribution in [0.4, 0.5) is 24.5 Å². The minimum Gasteiger partial charge on any atom is -0.406 e. The van der Waals surface area contributed by atoms with Crippen LogP contribution in [0.15, 0.2) is 48.5 Å². The zero-order valence-corrected chi connectivity index (χ0v) is 12.5. The van der Waals surface area contributed by atoms with Crippen LogP contribution in [0.5, 0.6) is 5.75 Å². The van der Waals surface area contributed by atoms with Crippen molar-refractivity contribution in [2.75, 3.05) is 10.6 Å². The second-order valence-electron chi connectivity index (χ2n) is 4.79. The molecule has 0 bridgehead atoms. The summed E-state index contributed by atoms with van der Waals surface area (Å²) in [5.74, 6) is -1.26. The van der Waals surface area contributed by atoms with E-state index in [1.807, 2.05) is 0 Å². The average molecular weight is 338 g/mol. The quantitative estimate of drug-likeness (QED) is 0.891. The van der Waals surface area contributed by atoms with Gasteiger partial charge in [0.1, 0.15) is 5.75 Å². The maximum atomic E-state index is 12.2. The van der Waals surface area contributed by atoms with Crippen molar-refractivity contribution in [3.8, 4) is 5.75 Å². The molecular weight excluding hydrogens is 325 g/mol. The zero-order chi connectivity index (χ0) is 17.7. The SMILES string of the molecule is CC(=O)Nc1cccc(C(=O)Nc2cccc(OC(F)(F)F)c2)c1. The number of benzene rings is 2. The molecule has 0 aromatic heterocycles. The molecule has 2 aromatic rings. The van der Waals surface area contributed by atoms with Crippen LogP contribution in [-0.2, 0) is 4.79 Å². The number of nitrogens with one attached hydrogen (secondary N) is 2. The molecule has 5 nitrogen and oxygen atoms in total. The van der Waals surface area contributed by atoms with Crippen LogP contribution >= 0.6 is 0 Å². The van der Waals surface area contributed by atoms with E-state index in [0.29, 0.717) is 5.69 Å². The van der Waals surface area contributed by atoms with Gasteiger partial charge in [-0.15, -0.1) is 13.2 Å². The normalized spacial score (nSPS) is 10.8. The second-order valence-corrected chi connectivity index (χ2v) is 4.79. The first-order chi connectivity index (χ1) is 11.2. The van der Waals surface area contributed by atoms with Crippen LogP contribution in [0.1, 0.15) is 17.3 Å². The minimum atomic E-state index is -4.81. The number of carbonyl (C=O) groups excluding carboxylic acids is 2. The third kappa shape index (κ3) is 5.31. The molecule has 8 heteroatoms. The Balaban J connectivity index is 2.12. The fourth-order valence-corrected chi connectivity index (χ4v) is 1.92. The number of rotatable bonds is 4. The number of hydrogen-bond acceptors (Lipinski definition) is 3. The van der Waals surface area contributed by atoms with E-state index in [1.54, 1.807) is 12.1 Å². The van der Waals surface area contributed by atoms with Crippen LogP contribution in [-0.4, -0.2) is 18.2 Å². The predicted octanol–water partition coefficient (Wildman–Crippen LogP) is 3.80. The summed E-state index contributed by atoms with van der Waals surface area (Å²) in [5.41, 5.74) is 0.819. The van der Waals surface area contributed by atoms with Gasteiger partial charge in [-0.2, -0.15) is 0 Å². The van der Waals surface area contributed by atoms with Crippen molar-refractivity contribution in [3.05, 3.63) is 54.1 Å². The summed E-state index contributed by atoms with van der Waals surface area (Å²) in [6.07, 6.45) is -4.81. The Morgan fingerprint density at radius 2 is 1.58 bits per heavy atom. The third-order valence-corrected chi connectivity index (χ3v) is 2.77. The highest BCUT2D eigenvalue weighted by Gasteiger charge is 2.31. The molecule has 0 fully saturated rings. The molecule has 0 atom stereocenters. The molecule has 24 heavy (non-hydrogen) atoms. The number of halogens is 3. The Labute approximate surface area is 135 Å². The van der Waals surface area contributed by atoms with Crippen LogP contribution in [0.25, 0.3) is 0 Å². The van der Waals surface area contributed by atoms with Crippen molar-refractivity contribution in [3.63, 3.8) is 0 Å². The molecule has 2 rings (SSSR count). The topological polar surface area (TPSA) is 67.4 Å². The second kappa shape index (κ2) is 7.03. The van der Waals surface area contributed by atoms with Gasteiger partial charge in [0.05, 0.1) is 0 Å². The van der Waals surface area contributed by atoms with Crippen LogP contribution in [0.2, 0.25) is 0 Å². The Kier molecular flexibility index (Phi) is 5.08. The molecule has 0 aliphatic carbocycles. The van der Waals surface area contributed by atoms with Gasteiger partial charge in [0, 0.05) is 29.9 Å². The number of amides is 2. The average Bonchev–Trinajstić information content (AvgIpc) is 2.45. The van der Waals surface area contributed by atoms with Gasteiger partial charge in [0.15, 0.2) is 0 Å². The fraction of sp³-hybridized carbons (Fsp3) is 0.125. The Hall–Kier alpha value is -3.03. The molecule has 0 spiro atoms. The lowest BCUT2D eigenvalue weighted by Crippen LogP contribution is -2.17. The van der Waals surface area contributed by atoms with Crippen molar-refractivity contribution >= 4 is 23.2 Å². The van der Waals surface area contributed by atoms with Crippen molar-refractivity contribution in [2.45, 2.75) is 13.3 Å². The van der Waals surface area contributed by atoms with Gasteiger partial charge in [0.25, 0.3) is 5.91 Å². The molecule has 126 valence electrons. The van der Waals surface area contributed by atoms with Gasteiger partial charge in [-0.05, 0) is 30.3 Å². The number of carbonyl (C=O) groups is 2. The van der Waals surface area contributed by atoms with E-state index in [2.05, 4.69) is 15.4 Å². The maximum absolute atomic E-state index is 12.2. The molecule has 0 saturated carbocycles. The van der Waals surface area contributed by atoms with Gasteiger partial charge in [-0.1, -0.05) is 12.1 Å². The summed E-state index contributed by atoms with van der Waals surface area (Å²) in [5, 5.41) is 5.00. The van der Waals surface area contributed by atoms with E-state index >= 15 is 0 Å². The first-order valence-corrected chi connectivity index (χ1v) is 6.78. The number of alkyl halides is 3. The van der Waals surface area contributed by atoms with Gasteiger partial charge >= 0.3 is 6.36 Å². The number of ether oxygens (including phenoxy) is 1. The summed E-state index contributed by atoms with van der Waals surface area (Å²) in [4.78, 5) is 23.2. The monoisotopic (exact) mass is 338 g/mol. The summed E-state index contributed by atoms with van der Waals surface area (Å²) in [6, 6.07) is 11.1. The number of anilines is 2.